The molecule has 0 amide bonds. The van der Waals surface area contributed by atoms with Gasteiger partial charge in [-0.2, -0.15) is 5.10 Å². The van der Waals surface area contributed by atoms with Gasteiger partial charge in [-0.25, -0.2) is 15.0 Å². The van der Waals surface area contributed by atoms with Crippen molar-refractivity contribution in [1.82, 2.24) is 29.7 Å². The molecule has 0 aromatic carbocycles. The van der Waals surface area contributed by atoms with Gasteiger partial charge in [-0.1, -0.05) is 19.8 Å². The van der Waals surface area contributed by atoms with Crippen LogP contribution in [0, 0.1) is 0 Å². The molecule has 3 aromatic rings. The summed E-state index contributed by atoms with van der Waals surface area (Å²) in [5, 5.41) is 33.8. The molecule has 1 unspecified atom stereocenters. The number of aromatic nitrogens is 6. The van der Waals surface area contributed by atoms with E-state index in [1.54, 1.807) is 6.20 Å². The molecule has 1 aliphatic rings. The lowest BCUT2D eigenvalue weighted by atomic mass is 10.1. The summed E-state index contributed by atoms with van der Waals surface area (Å²) in [4.78, 5) is 16.1. The van der Waals surface area contributed by atoms with E-state index in [9.17, 15) is 15.3 Å². The van der Waals surface area contributed by atoms with Crippen LogP contribution >= 0.6 is 0 Å². The first kappa shape index (κ1) is 19.7. The zero-order valence-electron chi connectivity index (χ0n) is 16.1. The normalized spacial score (nSPS) is 24.6. The number of imidazole rings is 1. The average Bonchev–Trinajstić information content (AvgIpc) is 3.41. The van der Waals surface area contributed by atoms with Gasteiger partial charge in [0.15, 0.2) is 17.3 Å². The molecule has 0 saturated carbocycles. The van der Waals surface area contributed by atoms with Gasteiger partial charge in [0, 0.05) is 12.7 Å². The minimum absolute atomic E-state index is 0.203. The number of ether oxygens (including phenoxy) is 1. The minimum atomic E-state index is -1.23. The third-order valence-corrected chi connectivity index (χ3v) is 5.09. The summed E-state index contributed by atoms with van der Waals surface area (Å²) in [5.74, 6) is 0.862. The summed E-state index contributed by atoms with van der Waals surface area (Å²) in [6.45, 7) is 2.56. The first-order valence-corrected chi connectivity index (χ1v) is 9.70. The van der Waals surface area contributed by atoms with Gasteiger partial charge in [0.2, 0.25) is 0 Å². The zero-order valence-corrected chi connectivity index (χ0v) is 16.1. The lowest BCUT2D eigenvalue weighted by molar-refractivity contribution is -0.0249. The van der Waals surface area contributed by atoms with Crippen LogP contribution in [-0.4, -0.2) is 70.0 Å². The Morgan fingerprint density at radius 3 is 2.76 bits per heavy atom. The van der Waals surface area contributed by atoms with E-state index in [2.05, 4.69) is 32.0 Å². The second kappa shape index (κ2) is 8.03. The second-order valence-corrected chi connectivity index (χ2v) is 7.21. The van der Waals surface area contributed by atoms with Gasteiger partial charge in [0.25, 0.3) is 0 Å². The minimum Gasteiger partial charge on any atom is -0.394 e. The number of hydrogen-bond donors (Lipinski definition) is 5. The predicted molar refractivity (Wildman–Crippen MR) is 104 cm³/mol. The summed E-state index contributed by atoms with van der Waals surface area (Å²) in [6.07, 6.45) is 2.62. The van der Waals surface area contributed by atoms with Gasteiger partial charge < -0.3 is 30.8 Å². The summed E-state index contributed by atoms with van der Waals surface area (Å²) < 4.78 is 7.36. The Balaban J connectivity index is 1.61. The fourth-order valence-corrected chi connectivity index (χ4v) is 3.45. The molecule has 0 radical (unpaired) electrons. The quantitative estimate of drug-likeness (QED) is 0.345. The molecule has 3 aromatic heterocycles. The van der Waals surface area contributed by atoms with Crippen LogP contribution in [0.4, 0.5) is 5.82 Å². The van der Waals surface area contributed by atoms with Crippen molar-refractivity contribution in [2.75, 3.05) is 12.3 Å². The Labute approximate surface area is 166 Å². The van der Waals surface area contributed by atoms with Crippen molar-refractivity contribution in [1.29, 1.82) is 0 Å². The number of unbranched alkanes of at least 4 members (excludes halogenated alkanes) is 2. The number of anilines is 1. The predicted octanol–water partition coefficient (Wildman–Crippen LogP) is 0.143. The van der Waals surface area contributed by atoms with Crippen LogP contribution in [0.5, 0.6) is 0 Å². The maximum atomic E-state index is 10.2. The molecule has 0 bridgehead atoms. The number of nitrogens with zero attached hydrogens (tertiary/aromatic N) is 5. The van der Waals surface area contributed by atoms with E-state index in [-0.39, 0.29) is 11.6 Å². The van der Waals surface area contributed by atoms with Crippen LogP contribution in [0.3, 0.4) is 0 Å². The molecule has 1 aliphatic heterocycles. The molecule has 4 rings (SSSR count). The average molecular weight is 403 g/mol. The van der Waals surface area contributed by atoms with Gasteiger partial charge in [-0.3, -0.25) is 4.68 Å². The van der Waals surface area contributed by atoms with Gasteiger partial charge in [0.05, 0.1) is 18.4 Å². The molecule has 6 N–H and O–H groups in total. The second-order valence-electron chi connectivity index (χ2n) is 7.21. The molecule has 11 heteroatoms. The van der Waals surface area contributed by atoms with Gasteiger partial charge >= 0.3 is 0 Å². The van der Waals surface area contributed by atoms with E-state index >= 15 is 0 Å². The molecule has 156 valence electrons. The van der Waals surface area contributed by atoms with E-state index in [4.69, 9.17) is 10.5 Å². The highest BCUT2D eigenvalue weighted by Gasteiger charge is 2.44. The zero-order chi connectivity index (χ0) is 20.5. The topological polar surface area (TPSA) is 168 Å². The lowest BCUT2D eigenvalue weighted by Crippen LogP contribution is -2.32. The number of nitrogens with two attached hydrogens (primary N) is 1. The summed E-state index contributed by atoms with van der Waals surface area (Å²) in [7, 11) is 0. The van der Waals surface area contributed by atoms with Crippen LogP contribution in [0.25, 0.3) is 22.6 Å². The van der Waals surface area contributed by atoms with Crippen molar-refractivity contribution in [3.8, 4) is 11.4 Å². The summed E-state index contributed by atoms with van der Waals surface area (Å²) in [6, 6.07) is 0. The molecule has 4 atom stereocenters. The van der Waals surface area contributed by atoms with E-state index < -0.39 is 31.0 Å². The van der Waals surface area contributed by atoms with E-state index in [1.165, 1.54) is 0 Å². The number of nitrogen functional groups attached to an aromatic ring is 1. The van der Waals surface area contributed by atoms with Gasteiger partial charge in [-0.15, -0.1) is 0 Å². The number of hydrogen-bond acceptors (Lipinski definition) is 9. The summed E-state index contributed by atoms with van der Waals surface area (Å²) in [5.41, 5.74) is 7.55. The first-order chi connectivity index (χ1) is 14.0. The highest BCUT2D eigenvalue weighted by atomic mass is 16.6. The molecule has 1 saturated heterocycles. The number of fused-ring (bicyclic) bond motifs is 1. The highest BCUT2D eigenvalue weighted by Crippen LogP contribution is 2.33. The lowest BCUT2D eigenvalue weighted by Gasteiger charge is -2.11. The molecule has 0 spiro atoms. The number of aliphatic hydroxyl groups excluding tert-OH is 3. The van der Waals surface area contributed by atoms with Crippen LogP contribution in [0.2, 0.25) is 0 Å². The molecule has 11 nitrogen and oxygen atoms in total. The van der Waals surface area contributed by atoms with Crippen molar-refractivity contribution in [2.24, 2.45) is 0 Å². The molecule has 29 heavy (non-hydrogen) atoms. The van der Waals surface area contributed by atoms with Crippen molar-refractivity contribution >= 4 is 17.0 Å². The molecular formula is C18H25N7O4. The first-order valence-electron chi connectivity index (χ1n) is 9.70. The Morgan fingerprint density at radius 1 is 1.21 bits per heavy atom. The third-order valence-electron chi connectivity index (χ3n) is 5.09. The maximum absolute atomic E-state index is 10.2. The Kier molecular flexibility index (Phi) is 5.46. The van der Waals surface area contributed by atoms with E-state index in [0.717, 1.165) is 31.4 Å². The SMILES string of the molecule is CCCCCn1cc(-c2nc(N)c3[nH]c([C@H]4O[C@H](CO)C(O)[C@H]4O)nc3n2)cn1. The fourth-order valence-electron chi connectivity index (χ4n) is 3.45. The third kappa shape index (κ3) is 3.69. The number of aromatic amines is 1. The number of rotatable bonds is 7. The van der Waals surface area contributed by atoms with Crippen molar-refractivity contribution < 1.29 is 20.1 Å². The number of aliphatic hydroxyl groups is 3. The number of aryl methyl sites for hydroxylation is 1. The largest absolute Gasteiger partial charge is 0.394 e. The van der Waals surface area contributed by atoms with Crippen LogP contribution in [0.15, 0.2) is 12.4 Å². The fraction of sp³-hybridized carbons (Fsp3) is 0.556. The summed E-state index contributed by atoms with van der Waals surface area (Å²) >= 11 is 0. The van der Waals surface area contributed by atoms with Crippen LogP contribution < -0.4 is 5.73 Å². The van der Waals surface area contributed by atoms with Gasteiger partial charge in [0.1, 0.15) is 35.8 Å². The van der Waals surface area contributed by atoms with Crippen LogP contribution in [-0.2, 0) is 11.3 Å². The smallest absolute Gasteiger partial charge is 0.183 e. The number of nitrogens with one attached hydrogen (secondary N) is 1. The Hall–Kier alpha value is -2.60. The Bertz CT molecular complexity index is 988. The van der Waals surface area contributed by atoms with Crippen molar-refractivity contribution in [2.45, 2.75) is 57.1 Å². The molecular weight excluding hydrogens is 378 g/mol. The standard InChI is InChI=1S/C18H25N7O4/c1-2-3-4-5-25-7-9(6-20-25)16-22-15(19)11-17(23-16)24-18(21-11)14-13(28)12(27)10(8-26)29-14/h6-7,10,12-14,26-28H,2-5,8H2,1H3,(H3,19,21,22,23,24)/t10-,12?,13-,14+/m1/s1. The number of H-pyrrole nitrogens is 1. The maximum Gasteiger partial charge on any atom is 0.183 e. The van der Waals surface area contributed by atoms with E-state index in [0.29, 0.717) is 17.0 Å². The molecule has 4 heterocycles. The van der Waals surface area contributed by atoms with Crippen molar-refractivity contribution in [3.63, 3.8) is 0 Å². The van der Waals surface area contributed by atoms with E-state index in [1.807, 2.05) is 10.9 Å². The van der Waals surface area contributed by atoms with Crippen molar-refractivity contribution in [3.05, 3.63) is 18.2 Å². The van der Waals surface area contributed by atoms with Crippen LogP contribution in [0.1, 0.15) is 38.1 Å². The molecule has 0 aliphatic carbocycles. The van der Waals surface area contributed by atoms with Gasteiger partial charge in [-0.05, 0) is 6.42 Å². The Morgan fingerprint density at radius 2 is 2.03 bits per heavy atom. The highest BCUT2D eigenvalue weighted by molar-refractivity contribution is 5.83. The molecule has 1 fully saturated rings. The monoisotopic (exact) mass is 403 g/mol.